The van der Waals surface area contributed by atoms with E-state index >= 15 is 0 Å². The Morgan fingerprint density at radius 1 is 1.24 bits per heavy atom. The van der Waals surface area contributed by atoms with Crippen molar-refractivity contribution in [1.82, 2.24) is 34.5 Å². The van der Waals surface area contributed by atoms with Gasteiger partial charge >= 0.3 is 0 Å². The summed E-state index contributed by atoms with van der Waals surface area (Å²) in [6.07, 6.45) is 1.77. The third-order valence-electron chi connectivity index (χ3n) is 3.26. The maximum atomic E-state index is 4.57. The molecule has 0 radical (unpaired) electrons. The normalized spacial score (nSPS) is 11.2. The van der Waals surface area contributed by atoms with Crippen LogP contribution in [0.3, 0.4) is 0 Å². The SMILES string of the molecule is CNc1nc(CSc2nnc(C)n2C)nc2c1cnn2C. The second-order valence-corrected chi connectivity index (χ2v) is 5.56. The minimum atomic E-state index is 0.627. The van der Waals surface area contributed by atoms with E-state index in [4.69, 9.17) is 0 Å². The Bertz CT molecular complexity index is 790. The minimum absolute atomic E-state index is 0.627. The van der Waals surface area contributed by atoms with E-state index in [1.807, 2.05) is 32.6 Å². The van der Waals surface area contributed by atoms with Gasteiger partial charge in [0.2, 0.25) is 0 Å². The van der Waals surface area contributed by atoms with E-state index in [2.05, 4.69) is 30.6 Å². The first kappa shape index (κ1) is 13.8. The van der Waals surface area contributed by atoms with Crippen LogP contribution in [0.25, 0.3) is 11.0 Å². The lowest BCUT2D eigenvalue weighted by atomic mass is 10.4. The van der Waals surface area contributed by atoms with Crippen LogP contribution in [0.15, 0.2) is 11.4 Å². The standard InChI is InChI=1S/C12H16N8S/c1-7-17-18-12(19(7)3)21-6-9-15-10(13-2)8-5-14-20(4)11(8)16-9/h5H,6H2,1-4H3,(H,13,15,16). The van der Waals surface area contributed by atoms with Gasteiger partial charge in [0, 0.05) is 21.1 Å². The lowest BCUT2D eigenvalue weighted by Gasteiger charge is -2.05. The maximum Gasteiger partial charge on any atom is 0.191 e. The van der Waals surface area contributed by atoms with Gasteiger partial charge in [0.1, 0.15) is 17.5 Å². The zero-order chi connectivity index (χ0) is 15.0. The van der Waals surface area contributed by atoms with Gasteiger partial charge in [-0.1, -0.05) is 11.8 Å². The molecule has 3 aromatic heterocycles. The highest BCUT2D eigenvalue weighted by atomic mass is 32.2. The number of anilines is 1. The zero-order valence-corrected chi connectivity index (χ0v) is 13.1. The quantitative estimate of drug-likeness (QED) is 0.723. The summed E-state index contributed by atoms with van der Waals surface area (Å²) >= 11 is 1.56. The summed E-state index contributed by atoms with van der Waals surface area (Å²) in [5.41, 5.74) is 0.819. The predicted molar refractivity (Wildman–Crippen MR) is 81.2 cm³/mol. The molecule has 8 nitrogen and oxygen atoms in total. The Kier molecular flexibility index (Phi) is 3.50. The molecule has 0 atom stereocenters. The monoisotopic (exact) mass is 304 g/mol. The number of fused-ring (bicyclic) bond motifs is 1. The number of hydrogen-bond donors (Lipinski definition) is 1. The summed E-state index contributed by atoms with van der Waals surface area (Å²) in [5, 5.41) is 17.3. The molecule has 0 fully saturated rings. The number of hydrogen-bond acceptors (Lipinski definition) is 7. The van der Waals surface area contributed by atoms with Crippen LogP contribution in [0.1, 0.15) is 11.6 Å². The van der Waals surface area contributed by atoms with Crippen molar-refractivity contribution in [3.05, 3.63) is 17.8 Å². The van der Waals surface area contributed by atoms with Crippen molar-refractivity contribution >= 4 is 28.6 Å². The van der Waals surface area contributed by atoms with Crippen molar-refractivity contribution in [1.29, 1.82) is 0 Å². The van der Waals surface area contributed by atoms with Gasteiger partial charge in [0.05, 0.1) is 17.3 Å². The van der Waals surface area contributed by atoms with E-state index in [9.17, 15) is 0 Å². The summed E-state index contributed by atoms with van der Waals surface area (Å²) < 4.78 is 3.70. The second-order valence-electron chi connectivity index (χ2n) is 4.62. The Hall–Kier alpha value is -2.16. The number of nitrogens with zero attached hydrogens (tertiary/aromatic N) is 7. The summed E-state index contributed by atoms with van der Waals surface area (Å²) in [7, 11) is 5.66. The maximum absolute atomic E-state index is 4.57. The second kappa shape index (κ2) is 5.32. The van der Waals surface area contributed by atoms with E-state index in [1.165, 1.54) is 0 Å². The van der Waals surface area contributed by atoms with Crippen molar-refractivity contribution in [3.8, 4) is 0 Å². The van der Waals surface area contributed by atoms with Crippen LogP contribution < -0.4 is 5.32 Å². The summed E-state index contributed by atoms with van der Waals surface area (Å²) in [6, 6.07) is 0. The lowest BCUT2D eigenvalue weighted by molar-refractivity contribution is 0.764. The summed E-state index contributed by atoms with van der Waals surface area (Å²) in [5.74, 6) is 3.04. The molecule has 3 heterocycles. The molecular formula is C12H16N8S. The van der Waals surface area contributed by atoms with Crippen LogP contribution in [-0.2, 0) is 19.8 Å². The first-order valence-corrected chi connectivity index (χ1v) is 7.44. The molecule has 0 aliphatic rings. The van der Waals surface area contributed by atoms with E-state index in [0.717, 1.165) is 33.7 Å². The smallest absolute Gasteiger partial charge is 0.191 e. The average Bonchev–Trinajstić information content (AvgIpc) is 3.01. The molecule has 110 valence electrons. The fourth-order valence-electron chi connectivity index (χ4n) is 1.96. The van der Waals surface area contributed by atoms with Crippen LogP contribution in [-0.4, -0.2) is 41.6 Å². The summed E-state index contributed by atoms with van der Waals surface area (Å²) in [6.45, 7) is 1.92. The number of rotatable bonds is 4. The average molecular weight is 304 g/mol. The molecular weight excluding hydrogens is 288 g/mol. The highest BCUT2D eigenvalue weighted by Crippen LogP contribution is 2.23. The fraction of sp³-hybridized carbons (Fsp3) is 0.417. The number of nitrogens with one attached hydrogen (secondary N) is 1. The Balaban J connectivity index is 1.90. The van der Waals surface area contributed by atoms with Gasteiger partial charge in [-0.15, -0.1) is 10.2 Å². The Morgan fingerprint density at radius 2 is 2.05 bits per heavy atom. The molecule has 1 N–H and O–H groups in total. The van der Waals surface area contributed by atoms with E-state index in [-0.39, 0.29) is 0 Å². The molecule has 0 aliphatic carbocycles. The number of aromatic nitrogens is 7. The molecule has 0 saturated heterocycles. The first-order chi connectivity index (χ1) is 10.1. The largest absolute Gasteiger partial charge is 0.372 e. The molecule has 0 aromatic carbocycles. The lowest BCUT2D eigenvalue weighted by Crippen LogP contribution is -2.02. The number of thioether (sulfide) groups is 1. The van der Waals surface area contributed by atoms with Crippen molar-refractivity contribution in [2.75, 3.05) is 12.4 Å². The highest BCUT2D eigenvalue weighted by Gasteiger charge is 2.12. The molecule has 0 bridgehead atoms. The van der Waals surface area contributed by atoms with Crippen LogP contribution in [0.2, 0.25) is 0 Å². The molecule has 0 aliphatic heterocycles. The van der Waals surface area contributed by atoms with Crippen molar-refractivity contribution in [3.63, 3.8) is 0 Å². The predicted octanol–water partition coefficient (Wildman–Crippen LogP) is 1.13. The molecule has 9 heteroatoms. The van der Waals surface area contributed by atoms with Gasteiger partial charge in [0.25, 0.3) is 0 Å². The van der Waals surface area contributed by atoms with E-state index < -0.39 is 0 Å². The molecule has 0 amide bonds. The first-order valence-electron chi connectivity index (χ1n) is 6.45. The molecule has 0 spiro atoms. The van der Waals surface area contributed by atoms with Crippen LogP contribution in [0.5, 0.6) is 0 Å². The number of aryl methyl sites for hydroxylation is 2. The van der Waals surface area contributed by atoms with Gasteiger partial charge in [-0.2, -0.15) is 5.10 Å². The topological polar surface area (TPSA) is 86.3 Å². The van der Waals surface area contributed by atoms with Gasteiger partial charge in [0.15, 0.2) is 10.8 Å². The van der Waals surface area contributed by atoms with Crippen molar-refractivity contribution < 1.29 is 0 Å². The third-order valence-corrected chi connectivity index (χ3v) is 4.27. The summed E-state index contributed by atoms with van der Waals surface area (Å²) in [4.78, 5) is 9.10. The molecule has 3 aromatic rings. The zero-order valence-electron chi connectivity index (χ0n) is 12.3. The fourth-order valence-corrected chi connectivity index (χ4v) is 2.78. The molecule has 21 heavy (non-hydrogen) atoms. The van der Waals surface area contributed by atoms with Crippen molar-refractivity contribution in [2.45, 2.75) is 17.8 Å². The van der Waals surface area contributed by atoms with Gasteiger partial charge in [-0.3, -0.25) is 4.68 Å². The van der Waals surface area contributed by atoms with Crippen LogP contribution in [0, 0.1) is 6.92 Å². The molecule has 0 saturated carbocycles. The Morgan fingerprint density at radius 3 is 2.71 bits per heavy atom. The minimum Gasteiger partial charge on any atom is -0.372 e. The Labute approximate surface area is 126 Å². The van der Waals surface area contributed by atoms with Gasteiger partial charge in [-0.25, -0.2) is 9.97 Å². The van der Waals surface area contributed by atoms with E-state index in [1.54, 1.807) is 22.6 Å². The molecule has 0 unspecified atom stereocenters. The van der Waals surface area contributed by atoms with E-state index in [0.29, 0.717) is 5.75 Å². The van der Waals surface area contributed by atoms with Gasteiger partial charge < -0.3 is 9.88 Å². The highest BCUT2D eigenvalue weighted by molar-refractivity contribution is 7.98. The van der Waals surface area contributed by atoms with Gasteiger partial charge in [-0.05, 0) is 6.92 Å². The molecule has 3 rings (SSSR count). The third kappa shape index (κ3) is 2.44. The van der Waals surface area contributed by atoms with Crippen LogP contribution in [0.4, 0.5) is 5.82 Å². The van der Waals surface area contributed by atoms with Crippen LogP contribution >= 0.6 is 11.8 Å². The van der Waals surface area contributed by atoms with Crippen molar-refractivity contribution in [2.24, 2.45) is 14.1 Å².